The summed E-state index contributed by atoms with van der Waals surface area (Å²) in [5.41, 5.74) is 6.97. The summed E-state index contributed by atoms with van der Waals surface area (Å²) in [6.07, 6.45) is 0.569. The third-order valence-electron chi connectivity index (χ3n) is 3.14. The molecule has 2 rings (SSSR count). The van der Waals surface area contributed by atoms with Gasteiger partial charge < -0.3 is 15.7 Å². The average molecular weight is 234 g/mol. The van der Waals surface area contributed by atoms with E-state index in [1.807, 2.05) is 30.3 Å². The van der Waals surface area contributed by atoms with Gasteiger partial charge in [0.25, 0.3) is 0 Å². The van der Waals surface area contributed by atoms with E-state index in [2.05, 4.69) is 0 Å². The fourth-order valence-corrected chi connectivity index (χ4v) is 2.06. The molecule has 0 aliphatic carbocycles. The molecule has 4 heteroatoms. The molecule has 1 aliphatic heterocycles. The summed E-state index contributed by atoms with van der Waals surface area (Å²) in [6, 6.07) is 9.30. The number of rotatable bonds is 4. The molecule has 0 bridgehead atoms. The highest BCUT2D eigenvalue weighted by molar-refractivity contribution is 5.82. The summed E-state index contributed by atoms with van der Waals surface area (Å²) in [5.74, 6) is 0.224. The van der Waals surface area contributed by atoms with Gasteiger partial charge in [-0.25, -0.2) is 0 Å². The summed E-state index contributed by atoms with van der Waals surface area (Å²) in [4.78, 5) is 13.6. The fourth-order valence-electron chi connectivity index (χ4n) is 2.06. The molecule has 1 saturated heterocycles. The Morgan fingerprint density at radius 2 is 2.06 bits per heavy atom. The molecule has 1 aromatic carbocycles. The number of hydrogen-bond donors (Lipinski definition) is 2. The van der Waals surface area contributed by atoms with Crippen LogP contribution in [0.25, 0.3) is 0 Å². The molecule has 1 aromatic rings. The molecular weight excluding hydrogens is 216 g/mol. The molecule has 0 saturated carbocycles. The van der Waals surface area contributed by atoms with Gasteiger partial charge in [-0.15, -0.1) is 0 Å². The molecule has 3 N–H and O–H groups in total. The summed E-state index contributed by atoms with van der Waals surface area (Å²) >= 11 is 0. The number of benzene rings is 1. The van der Waals surface area contributed by atoms with E-state index in [-0.39, 0.29) is 18.4 Å². The van der Waals surface area contributed by atoms with Crippen LogP contribution in [0.1, 0.15) is 5.56 Å². The van der Waals surface area contributed by atoms with Crippen molar-refractivity contribution in [2.24, 2.45) is 11.7 Å². The first-order chi connectivity index (χ1) is 8.20. The van der Waals surface area contributed by atoms with Crippen molar-refractivity contribution in [3.05, 3.63) is 35.9 Å². The number of hydrogen-bond acceptors (Lipinski definition) is 3. The predicted molar refractivity (Wildman–Crippen MR) is 65.3 cm³/mol. The number of likely N-dealkylation sites (tertiary alicyclic amines) is 1. The Bertz CT molecular complexity index is 374. The maximum atomic E-state index is 11.9. The van der Waals surface area contributed by atoms with Crippen molar-refractivity contribution in [1.82, 2.24) is 4.90 Å². The van der Waals surface area contributed by atoms with E-state index < -0.39 is 6.04 Å². The highest BCUT2D eigenvalue weighted by Gasteiger charge is 2.32. The highest BCUT2D eigenvalue weighted by atomic mass is 16.3. The SMILES string of the molecule is NC(Cc1ccccc1)C(=O)N1CC(CO)C1. The number of aliphatic hydroxyl groups excluding tert-OH is 1. The third kappa shape index (κ3) is 2.84. The maximum Gasteiger partial charge on any atom is 0.239 e. The van der Waals surface area contributed by atoms with Crippen molar-refractivity contribution >= 4 is 5.91 Å². The van der Waals surface area contributed by atoms with Gasteiger partial charge in [0.05, 0.1) is 6.04 Å². The minimum absolute atomic E-state index is 0.0152. The van der Waals surface area contributed by atoms with Gasteiger partial charge in [-0.05, 0) is 12.0 Å². The molecule has 1 aliphatic rings. The van der Waals surface area contributed by atoms with Gasteiger partial charge in [-0.2, -0.15) is 0 Å². The first kappa shape index (κ1) is 12.1. The van der Waals surface area contributed by atoms with E-state index in [0.29, 0.717) is 19.5 Å². The Balaban J connectivity index is 1.84. The van der Waals surface area contributed by atoms with E-state index in [1.165, 1.54) is 0 Å². The molecule has 0 spiro atoms. The lowest BCUT2D eigenvalue weighted by Gasteiger charge is -2.39. The second-order valence-electron chi connectivity index (χ2n) is 4.59. The van der Waals surface area contributed by atoms with Crippen molar-refractivity contribution < 1.29 is 9.90 Å². The van der Waals surface area contributed by atoms with Crippen LogP contribution in [0, 0.1) is 5.92 Å². The summed E-state index contributed by atoms with van der Waals surface area (Å²) in [7, 11) is 0. The van der Waals surface area contributed by atoms with Gasteiger partial charge in [-0.1, -0.05) is 30.3 Å². The van der Waals surface area contributed by atoms with Gasteiger partial charge in [0.2, 0.25) is 5.91 Å². The molecule has 1 amide bonds. The number of aliphatic hydroxyl groups is 1. The first-order valence-electron chi connectivity index (χ1n) is 5.90. The minimum atomic E-state index is -0.475. The quantitative estimate of drug-likeness (QED) is 0.771. The molecule has 17 heavy (non-hydrogen) atoms. The highest BCUT2D eigenvalue weighted by Crippen LogP contribution is 2.16. The van der Waals surface area contributed by atoms with Gasteiger partial charge in [-0.3, -0.25) is 4.79 Å². The molecular formula is C13H18N2O2. The van der Waals surface area contributed by atoms with Crippen molar-refractivity contribution in [2.45, 2.75) is 12.5 Å². The first-order valence-corrected chi connectivity index (χ1v) is 5.90. The van der Waals surface area contributed by atoms with E-state index in [1.54, 1.807) is 4.90 Å². The molecule has 0 aromatic heterocycles. The normalized spacial score (nSPS) is 17.6. The Kier molecular flexibility index (Phi) is 3.76. The zero-order chi connectivity index (χ0) is 12.3. The standard InChI is InChI=1S/C13H18N2O2/c14-12(6-10-4-2-1-3-5-10)13(17)15-7-11(8-15)9-16/h1-5,11-12,16H,6-9,14H2. The molecule has 1 heterocycles. The lowest BCUT2D eigenvalue weighted by Crippen LogP contribution is -2.56. The van der Waals surface area contributed by atoms with Crippen molar-refractivity contribution in [1.29, 1.82) is 0 Å². The lowest BCUT2D eigenvalue weighted by atomic mass is 9.98. The van der Waals surface area contributed by atoms with Crippen LogP contribution in [-0.2, 0) is 11.2 Å². The van der Waals surface area contributed by atoms with E-state index >= 15 is 0 Å². The summed E-state index contributed by atoms with van der Waals surface area (Å²) in [5, 5.41) is 8.89. The van der Waals surface area contributed by atoms with E-state index in [0.717, 1.165) is 5.56 Å². The average Bonchev–Trinajstić information content (AvgIpc) is 2.28. The smallest absolute Gasteiger partial charge is 0.239 e. The topological polar surface area (TPSA) is 66.6 Å². The van der Waals surface area contributed by atoms with E-state index in [9.17, 15) is 4.79 Å². The third-order valence-corrected chi connectivity index (χ3v) is 3.14. The minimum Gasteiger partial charge on any atom is -0.396 e. The van der Waals surface area contributed by atoms with E-state index in [4.69, 9.17) is 10.8 Å². The maximum absolute atomic E-state index is 11.9. The van der Waals surface area contributed by atoms with Crippen LogP contribution in [0.15, 0.2) is 30.3 Å². The van der Waals surface area contributed by atoms with Gasteiger partial charge in [0, 0.05) is 25.6 Å². The number of amides is 1. The lowest BCUT2D eigenvalue weighted by molar-refractivity contribution is -0.139. The fraction of sp³-hybridized carbons (Fsp3) is 0.462. The monoisotopic (exact) mass is 234 g/mol. The zero-order valence-corrected chi connectivity index (χ0v) is 9.75. The molecule has 4 nitrogen and oxygen atoms in total. The van der Waals surface area contributed by atoms with Gasteiger partial charge in [0.1, 0.15) is 0 Å². The Morgan fingerprint density at radius 1 is 1.41 bits per heavy atom. The molecule has 1 atom stereocenters. The van der Waals surface area contributed by atoms with Crippen LogP contribution in [0.4, 0.5) is 0 Å². The second-order valence-corrected chi connectivity index (χ2v) is 4.59. The molecule has 1 fully saturated rings. The predicted octanol–water partition coefficient (Wildman–Crippen LogP) is 0.00710. The van der Waals surface area contributed by atoms with Gasteiger partial charge in [0.15, 0.2) is 0 Å². The molecule has 92 valence electrons. The largest absolute Gasteiger partial charge is 0.396 e. The Labute approximate surface area is 101 Å². The summed E-state index contributed by atoms with van der Waals surface area (Å²) < 4.78 is 0. The van der Waals surface area contributed by atoms with Crippen LogP contribution in [-0.4, -0.2) is 41.7 Å². The number of carbonyl (C=O) groups is 1. The summed E-state index contributed by atoms with van der Waals surface area (Å²) in [6.45, 7) is 1.42. The Hall–Kier alpha value is -1.39. The van der Waals surface area contributed by atoms with Gasteiger partial charge >= 0.3 is 0 Å². The molecule has 1 unspecified atom stereocenters. The van der Waals surface area contributed by atoms with Crippen LogP contribution in [0.5, 0.6) is 0 Å². The van der Waals surface area contributed by atoms with Crippen molar-refractivity contribution in [3.63, 3.8) is 0 Å². The van der Waals surface area contributed by atoms with Crippen molar-refractivity contribution in [2.75, 3.05) is 19.7 Å². The van der Waals surface area contributed by atoms with Crippen LogP contribution < -0.4 is 5.73 Å². The number of carbonyl (C=O) groups excluding carboxylic acids is 1. The second kappa shape index (κ2) is 5.29. The van der Waals surface area contributed by atoms with Crippen molar-refractivity contribution in [3.8, 4) is 0 Å². The Morgan fingerprint density at radius 3 is 2.65 bits per heavy atom. The number of nitrogens with two attached hydrogens (primary N) is 1. The zero-order valence-electron chi connectivity index (χ0n) is 9.75. The van der Waals surface area contributed by atoms with Crippen LogP contribution in [0.3, 0.4) is 0 Å². The van der Waals surface area contributed by atoms with Crippen LogP contribution >= 0.6 is 0 Å². The number of nitrogens with zero attached hydrogens (tertiary/aromatic N) is 1. The molecule has 0 radical (unpaired) electrons. The van der Waals surface area contributed by atoms with Crippen LogP contribution in [0.2, 0.25) is 0 Å².